The molecule has 0 saturated heterocycles. The molecule has 1 aromatic carbocycles. The number of hydrogen-bond donors (Lipinski definition) is 3. The van der Waals surface area contributed by atoms with Crippen LogP contribution in [0.4, 0.5) is 0 Å². The van der Waals surface area contributed by atoms with Crippen LogP contribution in [-0.4, -0.2) is 55.3 Å². The number of nitrogens with two attached hydrogens (primary N) is 1. The van der Waals surface area contributed by atoms with Crippen LogP contribution in [0.2, 0.25) is 0 Å². The second-order valence-corrected chi connectivity index (χ2v) is 8.53. The first kappa shape index (κ1) is 27.2. The van der Waals surface area contributed by atoms with Crippen molar-refractivity contribution in [2.24, 2.45) is 23.5 Å². The minimum absolute atomic E-state index is 0.156. The fourth-order valence-electron chi connectivity index (χ4n) is 3.49. The Balaban J connectivity index is 2.78. The van der Waals surface area contributed by atoms with Crippen molar-refractivity contribution in [3.63, 3.8) is 0 Å². The molecule has 31 heavy (non-hydrogen) atoms. The van der Waals surface area contributed by atoms with Crippen LogP contribution in [0.15, 0.2) is 18.2 Å². The van der Waals surface area contributed by atoms with Crippen LogP contribution in [0.1, 0.15) is 52.5 Å². The van der Waals surface area contributed by atoms with Crippen molar-refractivity contribution in [1.82, 2.24) is 0 Å². The van der Waals surface area contributed by atoms with Crippen LogP contribution in [0.25, 0.3) is 0 Å². The maximum absolute atomic E-state index is 11.1. The fraction of sp³-hybridized carbons (Fsp3) is 0.708. The maximum atomic E-state index is 11.1. The molecule has 0 heterocycles. The van der Waals surface area contributed by atoms with Gasteiger partial charge in [0.25, 0.3) is 0 Å². The zero-order valence-corrected chi connectivity index (χ0v) is 19.7. The summed E-state index contributed by atoms with van der Waals surface area (Å²) in [5.41, 5.74) is 7.35. The Labute approximate surface area is 186 Å². The van der Waals surface area contributed by atoms with Crippen molar-refractivity contribution in [3.8, 4) is 11.5 Å². The van der Waals surface area contributed by atoms with Gasteiger partial charge >= 0.3 is 5.97 Å². The van der Waals surface area contributed by atoms with Gasteiger partial charge in [-0.25, -0.2) is 0 Å². The van der Waals surface area contributed by atoms with Crippen molar-refractivity contribution in [2.75, 3.05) is 26.9 Å². The molecule has 0 radical (unpaired) electrons. The zero-order valence-electron chi connectivity index (χ0n) is 19.7. The van der Waals surface area contributed by atoms with Gasteiger partial charge in [-0.15, -0.1) is 0 Å². The molecule has 4 N–H and O–H groups in total. The van der Waals surface area contributed by atoms with E-state index in [1.807, 2.05) is 25.1 Å². The molecule has 0 amide bonds. The molecule has 0 aromatic heterocycles. The number of aliphatic carboxylic acids is 1. The van der Waals surface area contributed by atoms with Crippen molar-refractivity contribution in [2.45, 2.75) is 65.5 Å². The van der Waals surface area contributed by atoms with Gasteiger partial charge in [0.15, 0.2) is 11.5 Å². The number of ether oxygens (including phenoxy) is 3. The van der Waals surface area contributed by atoms with Gasteiger partial charge in [0, 0.05) is 25.7 Å². The zero-order chi connectivity index (χ0) is 23.4. The first-order chi connectivity index (χ1) is 14.7. The highest BCUT2D eigenvalue weighted by Gasteiger charge is 2.26. The van der Waals surface area contributed by atoms with E-state index in [1.165, 1.54) is 0 Å². The summed E-state index contributed by atoms with van der Waals surface area (Å²) in [5.74, 6) is 0.452. The summed E-state index contributed by atoms with van der Waals surface area (Å²) in [5, 5.41) is 19.4. The Morgan fingerprint density at radius 3 is 2.42 bits per heavy atom. The van der Waals surface area contributed by atoms with Gasteiger partial charge in [-0.2, -0.15) is 0 Å². The van der Waals surface area contributed by atoms with E-state index in [9.17, 15) is 9.90 Å². The number of aliphatic hydroxyl groups excluding tert-OH is 1. The molecule has 0 spiro atoms. The lowest BCUT2D eigenvalue weighted by atomic mass is 9.82. The van der Waals surface area contributed by atoms with Crippen molar-refractivity contribution >= 4 is 5.97 Å². The normalized spacial score (nSPS) is 15.4. The third kappa shape index (κ3) is 9.89. The number of hydrogen-bond acceptors (Lipinski definition) is 6. The number of carbonyl (C=O) groups is 1. The minimum atomic E-state index is -0.918. The number of rotatable bonds is 16. The average molecular weight is 440 g/mol. The Morgan fingerprint density at radius 1 is 1.13 bits per heavy atom. The highest BCUT2D eigenvalue weighted by Crippen LogP contribution is 2.31. The van der Waals surface area contributed by atoms with E-state index in [1.54, 1.807) is 14.0 Å². The molecule has 0 fully saturated rings. The summed E-state index contributed by atoms with van der Waals surface area (Å²) in [6.07, 6.45) is 1.52. The predicted octanol–water partition coefficient (Wildman–Crippen LogP) is 3.50. The third-order valence-electron chi connectivity index (χ3n) is 5.65. The standard InChI is InChI=1S/C24H41NO6/c1-6-30-10-7-11-31-23-14-18(8-9-22(23)29-5)13-19(16(2)3)15-20(25)21(26)12-17(4)24(27)28/h8-9,14,16-17,19-21,26H,6-7,10-13,15,25H2,1-5H3,(H,27,28). The summed E-state index contributed by atoms with van der Waals surface area (Å²) in [6, 6.07) is 5.47. The topological polar surface area (TPSA) is 111 Å². The van der Waals surface area contributed by atoms with Crippen LogP contribution in [-0.2, 0) is 16.0 Å². The van der Waals surface area contributed by atoms with E-state index >= 15 is 0 Å². The van der Waals surface area contributed by atoms with Gasteiger partial charge in [0.1, 0.15) is 0 Å². The highest BCUT2D eigenvalue weighted by molar-refractivity contribution is 5.69. The van der Waals surface area contributed by atoms with Gasteiger partial charge in [-0.1, -0.05) is 26.8 Å². The first-order valence-electron chi connectivity index (χ1n) is 11.2. The average Bonchev–Trinajstić information content (AvgIpc) is 2.72. The van der Waals surface area contributed by atoms with E-state index < -0.39 is 24.0 Å². The molecule has 7 heteroatoms. The Hall–Kier alpha value is -1.83. The highest BCUT2D eigenvalue weighted by atomic mass is 16.5. The van der Waals surface area contributed by atoms with Crippen molar-refractivity contribution < 1.29 is 29.2 Å². The Morgan fingerprint density at radius 2 is 1.84 bits per heavy atom. The van der Waals surface area contributed by atoms with Crippen LogP contribution < -0.4 is 15.2 Å². The molecular weight excluding hydrogens is 398 g/mol. The lowest BCUT2D eigenvalue weighted by molar-refractivity contribution is -0.142. The Kier molecular flexibility index (Phi) is 12.5. The Bertz CT molecular complexity index is 651. The summed E-state index contributed by atoms with van der Waals surface area (Å²) < 4.78 is 16.7. The van der Waals surface area contributed by atoms with Gasteiger partial charge < -0.3 is 30.2 Å². The largest absolute Gasteiger partial charge is 0.493 e. The van der Waals surface area contributed by atoms with Crippen molar-refractivity contribution in [3.05, 3.63) is 23.8 Å². The SMILES string of the molecule is CCOCCCOc1cc(CC(CC(N)C(O)CC(C)C(=O)O)C(C)C)ccc1OC. The van der Waals surface area contributed by atoms with E-state index in [2.05, 4.69) is 13.8 Å². The molecule has 7 nitrogen and oxygen atoms in total. The molecule has 178 valence electrons. The fourth-order valence-corrected chi connectivity index (χ4v) is 3.49. The van der Waals surface area contributed by atoms with Gasteiger partial charge in [-0.05, 0) is 55.7 Å². The molecule has 1 aromatic rings. The minimum Gasteiger partial charge on any atom is -0.493 e. The van der Waals surface area contributed by atoms with Crippen LogP contribution in [0, 0.1) is 17.8 Å². The molecule has 1 rings (SSSR count). The first-order valence-corrected chi connectivity index (χ1v) is 11.2. The van der Waals surface area contributed by atoms with Crippen LogP contribution in [0.3, 0.4) is 0 Å². The maximum Gasteiger partial charge on any atom is 0.306 e. The molecule has 0 aliphatic heterocycles. The molecule has 4 unspecified atom stereocenters. The number of aliphatic hydroxyl groups is 1. The van der Waals surface area contributed by atoms with Gasteiger partial charge in [-0.3, -0.25) is 4.79 Å². The smallest absolute Gasteiger partial charge is 0.306 e. The third-order valence-corrected chi connectivity index (χ3v) is 5.65. The molecular formula is C24H41NO6. The quantitative estimate of drug-likeness (QED) is 0.338. The van der Waals surface area contributed by atoms with E-state index in [0.717, 1.165) is 18.4 Å². The summed E-state index contributed by atoms with van der Waals surface area (Å²) >= 11 is 0. The number of benzene rings is 1. The summed E-state index contributed by atoms with van der Waals surface area (Å²) in [6.45, 7) is 9.74. The van der Waals surface area contributed by atoms with E-state index in [4.69, 9.17) is 25.1 Å². The molecule has 0 saturated carbocycles. The summed E-state index contributed by atoms with van der Waals surface area (Å²) in [4.78, 5) is 11.1. The van der Waals surface area contributed by atoms with Crippen LogP contribution >= 0.6 is 0 Å². The lowest BCUT2D eigenvalue weighted by Gasteiger charge is -2.28. The van der Waals surface area contributed by atoms with Crippen LogP contribution in [0.5, 0.6) is 11.5 Å². The summed E-state index contributed by atoms with van der Waals surface area (Å²) in [7, 11) is 1.62. The number of carboxylic acid groups (broad SMARTS) is 1. The van der Waals surface area contributed by atoms with Crippen molar-refractivity contribution in [1.29, 1.82) is 0 Å². The lowest BCUT2D eigenvalue weighted by Crippen LogP contribution is -2.39. The molecule has 0 aliphatic rings. The van der Waals surface area contributed by atoms with Gasteiger partial charge in [0.05, 0.1) is 25.7 Å². The predicted molar refractivity (Wildman–Crippen MR) is 122 cm³/mol. The second-order valence-electron chi connectivity index (χ2n) is 8.53. The number of methoxy groups -OCH3 is 1. The molecule has 4 atom stereocenters. The van der Waals surface area contributed by atoms with Gasteiger partial charge in [0.2, 0.25) is 0 Å². The van der Waals surface area contributed by atoms with E-state index in [0.29, 0.717) is 43.7 Å². The second kappa shape index (κ2) is 14.3. The molecule has 0 bridgehead atoms. The number of carboxylic acids is 1. The monoisotopic (exact) mass is 439 g/mol. The van der Waals surface area contributed by atoms with E-state index in [-0.39, 0.29) is 12.3 Å². The molecule has 0 aliphatic carbocycles.